The molecule has 2 aromatic heterocycles. The average Bonchev–Trinajstić information content (AvgIpc) is 2.90. The van der Waals surface area contributed by atoms with Crippen molar-refractivity contribution in [1.82, 2.24) is 19.3 Å². The second-order valence-corrected chi connectivity index (χ2v) is 4.72. The first-order valence-electron chi connectivity index (χ1n) is 6.27. The van der Waals surface area contributed by atoms with E-state index in [2.05, 4.69) is 10.1 Å². The van der Waals surface area contributed by atoms with Crippen LogP contribution in [0.15, 0.2) is 30.3 Å². The molecule has 0 aliphatic carbocycles. The molecular formula is C14H14N4O2. The highest BCUT2D eigenvalue weighted by Crippen LogP contribution is 2.20. The molecule has 0 saturated carbocycles. The van der Waals surface area contributed by atoms with Crippen LogP contribution in [0, 0.1) is 13.8 Å². The fourth-order valence-corrected chi connectivity index (χ4v) is 2.35. The summed E-state index contributed by atoms with van der Waals surface area (Å²) < 4.78 is 3.34. The van der Waals surface area contributed by atoms with Crippen molar-refractivity contribution in [3.05, 3.63) is 41.7 Å². The van der Waals surface area contributed by atoms with Crippen LogP contribution in [0.2, 0.25) is 0 Å². The number of carboxylic acids is 1. The lowest BCUT2D eigenvalue weighted by atomic mass is 10.3. The van der Waals surface area contributed by atoms with Crippen molar-refractivity contribution < 1.29 is 9.90 Å². The summed E-state index contributed by atoms with van der Waals surface area (Å²) in [6.45, 7) is 3.67. The van der Waals surface area contributed by atoms with E-state index in [0.717, 1.165) is 22.4 Å². The SMILES string of the molecule is Cc1cc(C)n(-c2nc3ccccc3n2CC(=O)O)n1. The Kier molecular flexibility index (Phi) is 2.78. The summed E-state index contributed by atoms with van der Waals surface area (Å²) in [4.78, 5) is 15.6. The molecule has 1 N–H and O–H groups in total. The van der Waals surface area contributed by atoms with Crippen LogP contribution in [-0.4, -0.2) is 30.4 Å². The first-order valence-corrected chi connectivity index (χ1v) is 6.27. The van der Waals surface area contributed by atoms with Crippen LogP contribution in [-0.2, 0) is 11.3 Å². The zero-order chi connectivity index (χ0) is 14.3. The van der Waals surface area contributed by atoms with Gasteiger partial charge in [0.15, 0.2) is 0 Å². The van der Waals surface area contributed by atoms with E-state index in [9.17, 15) is 4.79 Å². The van der Waals surface area contributed by atoms with Gasteiger partial charge in [0.05, 0.1) is 16.7 Å². The maximum Gasteiger partial charge on any atom is 0.323 e. The van der Waals surface area contributed by atoms with Crippen molar-refractivity contribution in [1.29, 1.82) is 0 Å². The minimum absolute atomic E-state index is 0.145. The summed E-state index contributed by atoms with van der Waals surface area (Å²) in [5.41, 5.74) is 3.34. The van der Waals surface area contributed by atoms with Crippen LogP contribution in [0.3, 0.4) is 0 Å². The number of aromatic nitrogens is 4. The number of hydrogen-bond donors (Lipinski definition) is 1. The summed E-state index contributed by atoms with van der Waals surface area (Å²) in [5.74, 6) is -0.380. The van der Waals surface area contributed by atoms with Gasteiger partial charge in [0.2, 0.25) is 5.95 Å². The molecule has 1 aromatic carbocycles. The van der Waals surface area contributed by atoms with Gasteiger partial charge < -0.3 is 5.11 Å². The highest BCUT2D eigenvalue weighted by atomic mass is 16.4. The van der Waals surface area contributed by atoms with E-state index in [1.807, 2.05) is 44.2 Å². The number of carboxylic acid groups (broad SMARTS) is 1. The first-order chi connectivity index (χ1) is 9.56. The molecule has 0 spiro atoms. The van der Waals surface area contributed by atoms with E-state index in [1.165, 1.54) is 0 Å². The number of carbonyl (C=O) groups is 1. The third-order valence-electron chi connectivity index (χ3n) is 3.13. The normalized spacial score (nSPS) is 11.1. The van der Waals surface area contributed by atoms with E-state index >= 15 is 0 Å². The second kappa shape index (κ2) is 4.48. The fourth-order valence-electron chi connectivity index (χ4n) is 2.35. The Labute approximate surface area is 115 Å². The largest absolute Gasteiger partial charge is 0.480 e. The Hall–Kier alpha value is -2.63. The zero-order valence-electron chi connectivity index (χ0n) is 11.2. The van der Waals surface area contributed by atoms with Crippen LogP contribution in [0.25, 0.3) is 17.0 Å². The molecule has 0 unspecified atom stereocenters. The van der Waals surface area contributed by atoms with Crippen LogP contribution in [0.4, 0.5) is 0 Å². The van der Waals surface area contributed by atoms with Crippen LogP contribution >= 0.6 is 0 Å². The first kappa shape index (κ1) is 12.4. The molecule has 102 valence electrons. The number of nitrogens with zero attached hydrogens (tertiary/aromatic N) is 4. The quantitative estimate of drug-likeness (QED) is 0.789. The molecule has 3 rings (SSSR count). The predicted octanol–water partition coefficient (Wildman–Crippen LogP) is 1.92. The van der Waals surface area contributed by atoms with Gasteiger partial charge in [-0.05, 0) is 32.0 Å². The molecule has 0 bridgehead atoms. The van der Waals surface area contributed by atoms with E-state index in [1.54, 1.807) is 9.25 Å². The summed E-state index contributed by atoms with van der Waals surface area (Å²) in [6, 6.07) is 9.41. The van der Waals surface area contributed by atoms with E-state index in [4.69, 9.17) is 5.11 Å². The number of para-hydroxylation sites is 2. The predicted molar refractivity (Wildman–Crippen MR) is 74.0 cm³/mol. The molecule has 0 amide bonds. The number of aryl methyl sites for hydroxylation is 2. The molecule has 0 aliphatic heterocycles. The lowest BCUT2D eigenvalue weighted by Crippen LogP contribution is -2.14. The molecule has 0 aliphatic rings. The Morgan fingerprint density at radius 3 is 2.70 bits per heavy atom. The lowest BCUT2D eigenvalue weighted by molar-refractivity contribution is -0.137. The number of hydrogen-bond acceptors (Lipinski definition) is 3. The molecule has 20 heavy (non-hydrogen) atoms. The monoisotopic (exact) mass is 270 g/mol. The van der Waals surface area contributed by atoms with E-state index in [0.29, 0.717) is 5.95 Å². The second-order valence-electron chi connectivity index (χ2n) is 4.72. The number of rotatable bonds is 3. The van der Waals surface area contributed by atoms with Gasteiger partial charge in [-0.25, -0.2) is 9.67 Å². The molecule has 0 atom stereocenters. The number of benzene rings is 1. The maximum absolute atomic E-state index is 11.1. The summed E-state index contributed by atoms with van der Waals surface area (Å²) in [5, 5.41) is 13.5. The molecule has 0 radical (unpaired) electrons. The van der Waals surface area contributed by atoms with Crippen molar-refractivity contribution in [2.45, 2.75) is 20.4 Å². The molecule has 6 nitrogen and oxygen atoms in total. The van der Waals surface area contributed by atoms with Crippen LogP contribution in [0.5, 0.6) is 0 Å². The fraction of sp³-hybridized carbons (Fsp3) is 0.214. The van der Waals surface area contributed by atoms with Gasteiger partial charge in [-0.15, -0.1) is 0 Å². The summed E-state index contributed by atoms with van der Waals surface area (Å²) in [7, 11) is 0. The summed E-state index contributed by atoms with van der Waals surface area (Å²) >= 11 is 0. The third kappa shape index (κ3) is 1.95. The van der Waals surface area contributed by atoms with Gasteiger partial charge in [0, 0.05) is 5.69 Å². The Morgan fingerprint density at radius 2 is 2.05 bits per heavy atom. The number of fused-ring (bicyclic) bond motifs is 1. The van der Waals surface area contributed by atoms with Gasteiger partial charge >= 0.3 is 5.97 Å². The third-order valence-corrected chi connectivity index (χ3v) is 3.13. The smallest absolute Gasteiger partial charge is 0.323 e. The number of imidazole rings is 1. The van der Waals surface area contributed by atoms with Gasteiger partial charge in [0.25, 0.3) is 0 Å². The molecule has 2 heterocycles. The average molecular weight is 270 g/mol. The Bertz CT molecular complexity index is 801. The topological polar surface area (TPSA) is 72.9 Å². The highest BCUT2D eigenvalue weighted by Gasteiger charge is 2.16. The van der Waals surface area contributed by atoms with E-state index < -0.39 is 5.97 Å². The molecule has 3 aromatic rings. The highest BCUT2D eigenvalue weighted by molar-refractivity contribution is 5.79. The van der Waals surface area contributed by atoms with Gasteiger partial charge in [-0.1, -0.05) is 12.1 Å². The van der Waals surface area contributed by atoms with Gasteiger partial charge in [-0.3, -0.25) is 9.36 Å². The van der Waals surface area contributed by atoms with Crippen molar-refractivity contribution in [3.8, 4) is 5.95 Å². The molecule has 0 saturated heterocycles. The van der Waals surface area contributed by atoms with Crippen LogP contribution < -0.4 is 0 Å². The van der Waals surface area contributed by atoms with Gasteiger partial charge in [-0.2, -0.15) is 5.10 Å². The molecule has 6 heteroatoms. The lowest BCUT2D eigenvalue weighted by Gasteiger charge is -2.07. The van der Waals surface area contributed by atoms with Crippen molar-refractivity contribution in [2.75, 3.05) is 0 Å². The minimum atomic E-state index is -0.907. The van der Waals surface area contributed by atoms with Crippen molar-refractivity contribution in [3.63, 3.8) is 0 Å². The minimum Gasteiger partial charge on any atom is -0.480 e. The standard InChI is InChI=1S/C14H14N4O2/c1-9-7-10(2)18(16-9)14-15-11-5-3-4-6-12(11)17(14)8-13(19)20/h3-7H,8H2,1-2H3,(H,19,20). The van der Waals surface area contributed by atoms with Crippen molar-refractivity contribution >= 4 is 17.0 Å². The van der Waals surface area contributed by atoms with Crippen LogP contribution in [0.1, 0.15) is 11.4 Å². The maximum atomic E-state index is 11.1. The van der Waals surface area contributed by atoms with E-state index in [-0.39, 0.29) is 6.54 Å². The summed E-state index contributed by atoms with van der Waals surface area (Å²) in [6.07, 6.45) is 0. The Balaban J connectivity index is 2.28. The van der Waals surface area contributed by atoms with Crippen molar-refractivity contribution in [2.24, 2.45) is 0 Å². The number of aliphatic carboxylic acids is 1. The molecular weight excluding hydrogens is 256 g/mol. The molecule has 0 fully saturated rings. The zero-order valence-corrected chi connectivity index (χ0v) is 11.2. The van der Waals surface area contributed by atoms with Gasteiger partial charge in [0.1, 0.15) is 6.54 Å². The Morgan fingerprint density at radius 1 is 1.30 bits per heavy atom.